The number of benzene rings is 2. The fourth-order valence-electron chi connectivity index (χ4n) is 4.30. The molecule has 5 rings (SSSR count). The van der Waals surface area contributed by atoms with E-state index in [0.717, 1.165) is 40.8 Å². The molecule has 0 saturated heterocycles. The van der Waals surface area contributed by atoms with Crippen molar-refractivity contribution in [2.75, 3.05) is 26.0 Å². The summed E-state index contributed by atoms with van der Waals surface area (Å²) >= 11 is 0. The number of pyridine rings is 1. The molecule has 0 aliphatic heterocycles. The monoisotopic (exact) mass is 436 g/mol. The number of nitrogens with one attached hydrogen (secondary N) is 1. The quantitative estimate of drug-likeness (QED) is 0.376. The van der Waals surface area contributed by atoms with E-state index >= 15 is 0 Å². The molecule has 0 bridgehead atoms. The second-order valence-corrected chi connectivity index (χ2v) is 8.72. The Hall–Kier alpha value is -3.77. The highest BCUT2D eigenvalue weighted by Crippen LogP contribution is 2.33. The van der Waals surface area contributed by atoms with E-state index in [1.165, 1.54) is 16.5 Å². The number of aromatic nitrogens is 4. The van der Waals surface area contributed by atoms with Gasteiger partial charge in [-0.1, -0.05) is 18.2 Å². The Labute approximate surface area is 193 Å². The number of rotatable bonds is 7. The maximum atomic E-state index is 4.67. The van der Waals surface area contributed by atoms with Crippen LogP contribution in [0.4, 0.5) is 5.69 Å². The third-order valence-electron chi connectivity index (χ3n) is 6.07. The number of fused-ring (bicyclic) bond motifs is 2. The fraction of sp³-hybridized carbons (Fsp3) is 0.222. The second-order valence-electron chi connectivity index (χ2n) is 8.72. The molecule has 0 saturated carbocycles. The second kappa shape index (κ2) is 9.00. The third-order valence-corrected chi connectivity index (χ3v) is 6.07. The van der Waals surface area contributed by atoms with Crippen LogP contribution in [0.5, 0.6) is 0 Å². The fourth-order valence-corrected chi connectivity index (χ4v) is 4.30. The molecule has 5 aromatic rings. The molecule has 3 heterocycles. The Balaban J connectivity index is 1.59. The van der Waals surface area contributed by atoms with Crippen LogP contribution in [-0.4, -0.2) is 45.1 Å². The van der Waals surface area contributed by atoms with Gasteiger partial charge in [-0.05, 0) is 73.9 Å². The topological polar surface area (TPSA) is 58.9 Å². The van der Waals surface area contributed by atoms with Crippen molar-refractivity contribution >= 4 is 27.6 Å². The van der Waals surface area contributed by atoms with Gasteiger partial charge in [-0.3, -0.25) is 15.0 Å². The first-order valence-corrected chi connectivity index (χ1v) is 11.2. The van der Waals surface area contributed by atoms with E-state index in [-0.39, 0.29) is 6.04 Å². The van der Waals surface area contributed by atoms with Crippen LogP contribution in [0.15, 0.2) is 79.5 Å². The number of aryl methyl sites for hydroxylation is 1. The van der Waals surface area contributed by atoms with Crippen LogP contribution >= 0.6 is 0 Å². The van der Waals surface area contributed by atoms with Crippen molar-refractivity contribution in [1.82, 2.24) is 24.4 Å². The van der Waals surface area contributed by atoms with Gasteiger partial charge in [0.15, 0.2) is 0 Å². The summed E-state index contributed by atoms with van der Waals surface area (Å²) in [6, 6.07) is 17.2. The lowest BCUT2D eigenvalue weighted by Gasteiger charge is -2.23. The average molecular weight is 437 g/mol. The van der Waals surface area contributed by atoms with Crippen molar-refractivity contribution in [2.24, 2.45) is 7.05 Å². The Kier molecular flexibility index (Phi) is 5.75. The van der Waals surface area contributed by atoms with Crippen molar-refractivity contribution in [3.05, 3.63) is 85.1 Å². The van der Waals surface area contributed by atoms with Gasteiger partial charge in [0.05, 0.1) is 17.1 Å². The molecule has 0 aliphatic rings. The first-order valence-electron chi connectivity index (χ1n) is 11.2. The van der Waals surface area contributed by atoms with E-state index in [2.05, 4.69) is 99.5 Å². The molecule has 1 atom stereocenters. The van der Waals surface area contributed by atoms with E-state index in [9.17, 15) is 0 Å². The van der Waals surface area contributed by atoms with Crippen molar-refractivity contribution < 1.29 is 0 Å². The maximum Gasteiger partial charge on any atom is 0.0966 e. The minimum Gasteiger partial charge on any atom is -0.378 e. The zero-order valence-corrected chi connectivity index (χ0v) is 19.2. The third kappa shape index (κ3) is 4.43. The van der Waals surface area contributed by atoms with Gasteiger partial charge in [-0.15, -0.1) is 0 Å². The molecule has 33 heavy (non-hydrogen) atoms. The molecular formula is C27H28N6. The molecule has 1 unspecified atom stereocenters. The lowest BCUT2D eigenvalue weighted by Crippen LogP contribution is -2.20. The van der Waals surface area contributed by atoms with E-state index in [1.807, 2.05) is 18.5 Å². The summed E-state index contributed by atoms with van der Waals surface area (Å²) in [5.74, 6) is 0. The summed E-state index contributed by atoms with van der Waals surface area (Å²) in [5, 5.41) is 4.98. The highest BCUT2D eigenvalue weighted by molar-refractivity contribution is 5.97. The van der Waals surface area contributed by atoms with Crippen molar-refractivity contribution in [1.29, 1.82) is 0 Å². The summed E-state index contributed by atoms with van der Waals surface area (Å²) in [6.07, 6.45) is 10.3. The van der Waals surface area contributed by atoms with Crippen molar-refractivity contribution in [2.45, 2.75) is 12.5 Å². The van der Waals surface area contributed by atoms with Crippen molar-refractivity contribution in [3.8, 4) is 11.1 Å². The molecule has 1 N–H and O–H groups in total. The van der Waals surface area contributed by atoms with Crippen molar-refractivity contribution in [3.63, 3.8) is 0 Å². The standard InChI is InChI=1S/C27H28N6/c1-32(2)13-9-24(21-5-4-10-28-18-21)31-22-16-23(27-25(17-22)29-11-12-30-27)20-7-6-19-8-14-33(3)26(19)15-20/h4-8,10-12,14-18,24,31H,9,13H2,1-3H3. The predicted molar refractivity (Wildman–Crippen MR) is 135 cm³/mol. The van der Waals surface area contributed by atoms with Crippen LogP contribution in [0, 0.1) is 0 Å². The summed E-state index contributed by atoms with van der Waals surface area (Å²) in [6.45, 7) is 0.969. The van der Waals surface area contributed by atoms with Gasteiger partial charge >= 0.3 is 0 Å². The van der Waals surface area contributed by atoms with Gasteiger partial charge in [0, 0.05) is 54.8 Å². The Bertz CT molecular complexity index is 1390. The van der Waals surface area contributed by atoms with E-state index in [4.69, 9.17) is 0 Å². The Morgan fingerprint density at radius 3 is 2.70 bits per heavy atom. The number of anilines is 1. The van der Waals surface area contributed by atoms with Crippen LogP contribution < -0.4 is 5.32 Å². The molecule has 0 aliphatic carbocycles. The average Bonchev–Trinajstić information content (AvgIpc) is 3.21. The number of hydrogen-bond acceptors (Lipinski definition) is 5. The molecule has 6 nitrogen and oxygen atoms in total. The number of nitrogens with zero attached hydrogens (tertiary/aromatic N) is 5. The Morgan fingerprint density at radius 1 is 1.00 bits per heavy atom. The summed E-state index contributed by atoms with van der Waals surface area (Å²) < 4.78 is 2.15. The van der Waals surface area contributed by atoms with Crippen LogP contribution in [0.1, 0.15) is 18.0 Å². The zero-order chi connectivity index (χ0) is 22.8. The van der Waals surface area contributed by atoms with Gasteiger partial charge in [0.1, 0.15) is 0 Å². The lowest BCUT2D eigenvalue weighted by molar-refractivity contribution is 0.388. The highest BCUT2D eigenvalue weighted by atomic mass is 15.1. The zero-order valence-electron chi connectivity index (χ0n) is 19.2. The van der Waals surface area contributed by atoms with Gasteiger partial charge < -0.3 is 14.8 Å². The van der Waals surface area contributed by atoms with Gasteiger partial charge in [-0.2, -0.15) is 0 Å². The largest absolute Gasteiger partial charge is 0.378 e. The molecular weight excluding hydrogens is 408 g/mol. The van der Waals surface area contributed by atoms with Gasteiger partial charge in [0.2, 0.25) is 0 Å². The summed E-state index contributed by atoms with van der Waals surface area (Å²) in [7, 11) is 6.28. The SMILES string of the molecule is CN(C)CCC(Nc1cc(-c2ccc3ccn(C)c3c2)c2nccnc2c1)c1cccnc1. The molecule has 6 heteroatoms. The highest BCUT2D eigenvalue weighted by Gasteiger charge is 2.15. The van der Waals surface area contributed by atoms with Gasteiger partial charge in [-0.25, -0.2) is 0 Å². The van der Waals surface area contributed by atoms with E-state index in [0.29, 0.717) is 0 Å². The van der Waals surface area contributed by atoms with E-state index < -0.39 is 0 Å². The molecule has 0 amide bonds. The summed E-state index contributed by atoms with van der Waals surface area (Å²) in [4.78, 5) is 15.8. The molecule has 0 fully saturated rings. The van der Waals surface area contributed by atoms with Crippen LogP contribution in [0.2, 0.25) is 0 Å². The van der Waals surface area contributed by atoms with Gasteiger partial charge in [0.25, 0.3) is 0 Å². The van der Waals surface area contributed by atoms with Crippen LogP contribution in [0.3, 0.4) is 0 Å². The first-order chi connectivity index (χ1) is 16.1. The molecule has 0 radical (unpaired) electrons. The summed E-state index contributed by atoms with van der Waals surface area (Å²) in [5.41, 5.74) is 7.38. The minimum absolute atomic E-state index is 0.137. The Morgan fingerprint density at radius 2 is 1.88 bits per heavy atom. The smallest absolute Gasteiger partial charge is 0.0966 e. The minimum atomic E-state index is 0.137. The normalized spacial score (nSPS) is 12.5. The molecule has 0 spiro atoms. The van der Waals surface area contributed by atoms with Crippen LogP contribution in [0.25, 0.3) is 33.1 Å². The van der Waals surface area contributed by atoms with Crippen LogP contribution in [-0.2, 0) is 7.05 Å². The predicted octanol–water partition coefficient (Wildman–Crippen LogP) is 5.29. The molecule has 166 valence electrons. The molecule has 3 aromatic heterocycles. The van der Waals surface area contributed by atoms with E-state index in [1.54, 1.807) is 12.4 Å². The lowest BCUT2D eigenvalue weighted by atomic mass is 10.00. The first kappa shape index (κ1) is 21.1. The maximum absolute atomic E-state index is 4.67. The number of hydrogen-bond donors (Lipinski definition) is 1. The molecule has 2 aromatic carbocycles.